The van der Waals surface area contributed by atoms with Crippen LogP contribution in [-0.2, 0) is 6.54 Å². The van der Waals surface area contributed by atoms with E-state index in [1.54, 1.807) is 37.7 Å². The lowest BCUT2D eigenvalue weighted by Crippen LogP contribution is -2.26. The van der Waals surface area contributed by atoms with Gasteiger partial charge in [0.05, 0.1) is 31.7 Å². The van der Waals surface area contributed by atoms with Gasteiger partial charge in [-0.3, -0.25) is 4.79 Å². The predicted molar refractivity (Wildman–Crippen MR) is 94.2 cm³/mol. The number of benzene rings is 1. The molecule has 0 atom stereocenters. The molecule has 1 N–H and O–H groups in total. The molecular formula is C17H19N5O3. The molecule has 0 unspecified atom stereocenters. The van der Waals surface area contributed by atoms with Gasteiger partial charge in [0.1, 0.15) is 5.82 Å². The number of rotatable bonds is 6. The molecule has 0 radical (unpaired) electrons. The summed E-state index contributed by atoms with van der Waals surface area (Å²) in [6.45, 7) is 3.06. The first-order chi connectivity index (χ1) is 12.2. The van der Waals surface area contributed by atoms with Crippen molar-refractivity contribution in [3.05, 3.63) is 46.8 Å². The van der Waals surface area contributed by atoms with E-state index in [0.717, 1.165) is 0 Å². The van der Waals surface area contributed by atoms with Crippen LogP contribution in [0.5, 0.6) is 11.5 Å². The van der Waals surface area contributed by atoms with Crippen molar-refractivity contribution < 1.29 is 9.47 Å². The Morgan fingerprint density at radius 2 is 1.80 bits per heavy atom. The van der Waals surface area contributed by atoms with Crippen molar-refractivity contribution in [3.63, 3.8) is 0 Å². The third-order valence-electron chi connectivity index (χ3n) is 3.82. The molecule has 0 spiro atoms. The minimum absolute atomic E-state index is 0.231. The first-order valence-corrected chi connectivity index (χ1v) is 7.83. The molecule has 1 aromatic carbocycles. The van der Waals surface area contributed by atoms with Gasteiger partial charge in [0.15, 0.2) is 11.5 Å². The lowest BCUT2D eigenvalue weighted by atomic mass is 10.2. The van der Waals surface area contributed by atoms with E-state index in [1.807, 2.05) is 11.8 Å². The summed E-state index contributed by atoms with van der Waals surface area (Å²) in [6, 6.07) is 5.08. The van der Waals surface area contributed by atoms with Crippen molar-refractivity contribution in [1.82, 2.24) is 19.9 Å². The van der Waals surface area contributed by atoms with E-state index in [0.29, 0.717) is 47.3 Å². The highest BCUT2D eigenvalue weighted by atomic mass is 16.5. The SMILES string of the molecule is CCN(Cc1nc2cc(OC)c(OC)cc2c(=O)[nH]1)c1ncccn1. The molecule has 25 heavy (non-hydrogen) atoms. The maximum Gasteiger partial charge on any atom is 0.258 e. The average molecular weight is 341 g/mol. The van der Waals surface area contributed by atoms with Gasteiger partial charge in [0.25, 0.3) is 5.56 Å². The number of H-pyrrole nitrogens is 1. The highest BCUT2D eigenvalue weighted by Crippen LogP contribution is 2.29. The quantitative estimate of drug-likeness (QED) is 0.730. The van der Waals surface area contributed by atoms with Crippen molar-refractivity contribution in [1.29, 1.82) is 0 Å². The lowest BCUT2D eigenvalue weighted by molar-refractivity contribution is 0.355. The number of methoxy groups -OCH3 is 2. The summed E-state index contributed by atoms with van der Waals surface area (Å²) in [6.07, 6.45) is 3.36. The molecule has 130 valence electrons. The van der Waals surface area contributed by atoms with E-state index in [9.17, 15) is 4.79 Å². The average Bonchev–Trinajstić information content (AvgIpc) is 2.65. The Morgan fingerprint density at radius 3 is 2.44 bits per heavy atom. The van der Waals surface area contributed by atoms with Gasteiger partial charge in [-0.2, -0.15) is 0 Å². The Balaban J connectivity index is 2.01. The Hall–Kier alpha value is -3.16. The summed E-state index contributed by atoms with van der Waals surface area (Å²) in [7, 11) is 3.07. The minimum Gasteiger partial charge on any atom is -0.493 e. The topological polar surface area (TPSA) is 93.2 Å². The molecule has 0 amide bonds. The molecule has 2 aromatic heterocycles. The van der Waals surface area contributed by atoms with E-state index in [2.05, 4.69) is 19.9 Å². The van der Waals surface area contributed by atoms with E-state index < -0.39 is 0 Å². The van der Waals surface area contributed by atoms with Gasteiger partial charge in [-0.15, -0.1) is 0 Å². The fraction of sp³-hybridized carbons (Fsp3) is 0.294. The van der Waals surface area contributed by atoms with Crippen molar-refractivity contribution in [2.75, 3.05) is 25.7 Å². The third-order valence-corrected chi connectivity index (χ3v) is 3.82. The number of hydrogen-bond acceptors (Lipinski definition) is 7. The second kappa shape index (κ2) is 7.16. The molecule has 0 aliphatic carbocycles. The van der Waals surface area contributed by atoms with Gasteiger partial charge in [-0.1, -0.05) is 0 Å². The van der Waals surface area contributed by atoms with Crippen LogP contribution < -0.4 is 19.9 Å². The molecule has 0 fully saturated rings. The lowest BCUT2D eigenvalue weighted by Gasteiger charge is -2.19. The summed E-state index contributed by atoms with van der Waals surface area (Å²) in [5.74, 6) is 2.12. The molecule has 3 aromatic rings. The number of nitrogens with one attached hydrogen (secondary N) is 1. The number of ether oxygens (including phenoxy) is 2. The molecule has 0 aliphatic heterocycles. The van der Waals surface area contributed by atoms with Crippen molar-refractivity contribution >= 4 is 16.9 Å². The zero-order valence-electron chi connectivity index (χ0n) is 14.3. The zero-order valence-corrected chi connectivity index (χ0v) is 14.3. The maximum absolute atomic E-state index is 12.4. The second-order valence-corrected chi connectivity index (χ2v) is 5.30. The molecule has 0 saturated heterocycles. The van der Waals surface area contributed by atoms with Gasteiger partial charge in [-0.05, 0) is 19.1 Å². The van der Waals surface area contributed by atoms with Crippen LogP contribution in [0.25, 0.3) is 10.9 Å². The molecule has 8 heteroatoms. The minimum atomic E-state index is -0.231. The normalized spacial score (nSPS) is 10.7. The van der Waals surface area contributed by atoms with E-state index >= 15 is 0 Å². The van der Waals surface area contributed by atoms with Gasteiger partial charge < -0.3 is 19.4 Å². The third kappa shape index (κ3) is 3.37. The number of nitrogens with zero attached hydrogens (tertiary/aromatic N) is 4. The van der Waals surface area contributed by atoms with Gasteiger partial charge in [0, 0.05) is 25.0 Å². The number of fused-ring (bicyclic) bond motifs is 1. The summed E-state index contributed by atoms with van der Waals surface area (Å²) < 4.78 is 10.5. The van der Waals surface area contributed by atoms with Crippen molar-refractivity contribution in [2.45, 2.75) is 13.5 Å². The van der Waals surface area contributed by atoms with Gasteiger partial charge >= 0.3 is 0 Å². The summed E-state index contributed by atoms with van der Waals surface area (Å²) in [4.78, 5) is 30.2. The number of aromatic nitrogens is 4. The highest BCUT2D eigenvalue weighted by molar-refractivity contribution is 5.81. The number of hydrogen-bond donors (Lipinski definition) is 1. The van der Waals surface area contributed by atoms with E-state index in [1.165, 1.54) is 7.11 Å². The molecule has 0 bridgehead atoms. The summed E-state index contributed by atoms with van der Waals surface area (Å²) in [5, 5.41) is 0.445. The molecule has 8 nitrogen and oxygen atoms in total. The van der Waals surface area contributed by atoms with Crippen LogP contribution in [-0.4, -0.2) is 40.7 Å². The van der Waals surface area contributed by atoms with E-state index in [4.69, 9.17) is 9.47 Å². The van der Waals surface area contributed by atoms with Crippen LogP contribution >= 0.6 is 0 Å². The van der Waals surface area contributed by atoms with Crippen LogP contribution in [0, 0.1) is 0 Å². The molecule has 3 rings (SSSR count). The molecular weight excluding hydrogens is 322 g/mol. The Labute approximate surface area is 144 Å². The van der Waals surface area contributed by atoms with Gasteiger partial charge in [0.2, 0.25) is 5.95 Å². The maximum atomic E-state index is 12.4. The summed E-state index contributed by atoms with van der Waals surface area (Å²) in [5.41, 5.74) is 0.312. The number of anilines is 1. The fourth-order valence-electron chi connectivity index (χ4n) is 2.55. The monoisotopic (exact) mass is 341 g/mol. The van der Waals surface area contributed by atoms with Crippen LogP contribution in [0.1, 0.15) is 12.7 Å². The Kier molecular flexibility index (Phi) is 4.78. The van der Waals surface area contributed by atoms with Crippen LogP contribution in [0.4, 0.5) is 5.95 Å². The first kappa shape index (κ1) is 16.7. The van der Waals surface area contributed by atoms with Crippen LogP contribution in [0.15, 0.2) is 35.4 Å². The second-order valence-electron chi connectivity index (χ2n) is 5.30. The summed E-state index contributed by atoms with van der Waals surface area (Å²) >= 11 is 0. The molecule has 2 heterocycles. The Morgan fingerprint density at radius 1 is 1.12 bits per heavy atom. The highest BCUT2D eigenvalue weighted by Gasteiger charge is 2.13. The number of aromatic amines is 1. The predicted octanol–water partition coefficient (Wildman–Crippen LogP) is 1.76. The smallest absolute Gasteiger partial charge is 0.258 e. The largest absolute Gasteiger partial charge is 0.493 e. The standard InChI is InChI=1S/C17H19N5O3/c1-4-22(17-18-6-5-7-19-17)10-15-20-12-9-14(25-3)13(24-2)8-11(12)16(23)21-15/h5-9H,4,10H2,1-3H3,(H,20,21,23). The molecule has 0 aliphatic rings. The van der Waals surface area contributed by atoms with Crippen LogP contribution in [0.3, 0.4) is 0 Å². The zero-order chi connectivity index (χ0) is 17.8. The van der Waals surface area contributed by atoms with E-state index in [-0.39, 0.29) is 5.56 Å². The molecule has 0 saturated carbocycles. The Bertz CT molecular complexity index is 927. The fourth-order valence-corrected chi connectivity index (χ4v) is 2.55. The van der Waals surface area contributed by atoms with Gasteiger partial charge in [-0.25, -0.2) is 15.0 Å². The van der Waals surface area contributed by atoms with Crippen molar-refractivity contribution in [2.24, 2.45) is 0 Å². The van der Waals surface area contributed by atoms with Crippen molar-refractivity contribution in [3.8, 4) is 11.5 Å². The van der Waals surface area contributed by atoms with Crippen LogP contribution in [0.2, 0.25) is 0 Å². The first-order valence-electron chi connectivity index (χ1n) is 7.83.